The van der Waals surface area contributed by atoms with Crippen LogP contribution in [0.1, 0.15) is 45.2 Å². The first kappa shape index (κ1) is 12.3. The quantitative estimate of drug-likeness (QED) is 0.778. The van der Waals surface area contributed by atoms with Gasteiger partial charge in [-0.15, -0.1) is 0 Å². The fraction of sp³-hybridized carbons (Fsp3) is 0.571. The minimum absolute atomic E-state index is 0.186. The van der Waals surface area contributed by atoms with Crippen molar-refractivity contribution in [1.29, 1.82) is 0 Å². The van der Waals surface area contributed by atoms with Gasteiger partial charge in [-0.1, -0.05) is 63.9 Å². The molecule has 84 valence electrons. The van der Waals surface area contributed by atoms with Crippen LogP contribution in [0.5, 0.6) is 0 Å². The molecule has 3 unspecified atom stereocenters. The number of rotatable bonds is 5. The third-order valence-corrected chi connectivity index (χ3v) is 3.49. The Morgan fingerprint density at radius 3 is 2.13 bits per heavy atom. The van der Waals surface area contributed by atoms with Crippen LogP contribution < -0.4 is 5.73 Å². The van der Waals surface area contributed by atoms with Gasteiger partial charge in [0.1, 0.15) is 0 Å². The first-order valence-corrected chi connectivity index (χ1v) is 6.01. The van der Waals surface area contributed by atoms with Crippen LogP contribution in [0.3, 0.4) is 0 Å². The molecule has 0 aliphatic heterocycles. The summed E-state index contributed by atoms with van der Waals surface area (Å²) >= 11 is 0. The second-order valence-corrected chi connectivity index (χ2v) is 4.39. The van der Waals surface area contributed by atoms with Crippen LogP contribution in [0.2, 0.25) is 0 Å². The molecule has 1 nitrogen and oxygen atoms in total. The Labute approximate surface area is 93.7 Å². The molecule has 0 bridgehead atoms. The lowest BCUT2D eigenvalue weighted by atomic mass is 9.81. The standard InChI is InChI=1S/C14H23N/c1-4-11(3)13(5-2)14(15)12-9-7-6-8-10-12/h6-11,13-14H,4-5,15H2,1-3H3. The van der Waals surface area contributed by atoms with Crippen molar-refractivity contribution in [2.75, 3.05) is 0 Å². The van der Waals surface area contributed by atoms with Crippen LogP contribution in [-0.4, -0.2) is 0 Å². The van der Waals surface area contributed by atoms with Gasteiger partial charge in [0, 0.05) is 6.04 Å². The van der Waals surface area contributed by atoms with Crippen LogP contribution in [-0.2, 0) is 0 Å². The van der Waals surface area contributed by atoms with E-state index in [1.54, 1.807) is 0 Å². The fourth-order valence-electron chi connectivity index (χ4n) is 2.24. The van der Waals surface area contributed by atoms with Gasteiger partial charge in [0.25, 0.3) is 0 Å². The van der Waals surface area contributed by atoms with E-state index < -0.39 is 0 Å². The third kappa shape index (κ3) is 3.07. The summed E-state index contributed by atoms with van der Waals surface area (Å²) in [6, 6.07) is 10.6. The molecule has 0 radical (unpaired) electrons. The van der Waals surface area contributed by atoms with E-state index in [1.165, 1.54) is 12.0 Å². The summed E-state index contributed by atoms with van der Waals surface area (Å²) in [7, 11) is 0. The molecule has 2 N–H and O–H groups in total. The van der Waals surface area contributed by atoms with Gasteiger partial charge < -0.3 is 5.73 Å². The predicted molar refractivity (Wildman–Crippen MR) is 66.6 cm³/mol. The first-order valence-electron chi connectivity index (χ1n) is 6.01. The molecule has 3 atom stereocenters. The number of benzene rings is 1. The van der Waals surface area contributed by atoms with Gasteiger partial charge in [-0.05, 0) is 17.4 Å². The van der Waals surface area contributed by atoms with E-state index in [2.05, 4.69) is 45.0 Å². The minimum atomic E-state index is 0.186. The molecule has 0 aromatic heterocycles. The summed E-state index contributed by atoms with van der Waals surface area (Å²) in [5.41, 5.74) is 7.59. The molecule has 1 aromatic rings. The molecule has 0 spiro atoms. The molecule has 0 aliphatic carbocycles. The summed E-state index contributed by atoms with van der Waals surface area (Å²) in [5, 5.41) is 0. The molecular weight excluding hydrogens is 182 g/mol. The van der Waals surface area contributed by atoms with Crippen molar-refractivity contribution in [2.24, 2.45) is 17.6 Å². The van der Waals surface area contributed by atoms with E-state index in [9.17, 15) is 0 Å². The van der Waals surface area contributed by atoms with Crippen LogP contribution in [0.4, 0.5) is 0 Å². The molecule has 1 aromatic carbocycles. The molecule has 0 fully saturated rings. The highest BCUT2D eigenvalue weighted by Crippen LogP contribution is 2.30. The Kier molecular flexibility index (Phi) is 4.83. The Balaban J connectivity index is 2.77. The Morgan fingerprint density at radius 2 is 1.67 bits per heavy atom. The lowest BCUT2D eigenvalue weighted by Gasteiger charge is -2.28. The predicted octanol–water partition coefficient (Wildman–Crippen LogP) is 3.76. The van der Waals surface area contributed by atoms with Gasteiger partial charge in [0.2, 0.25) is 0 Å². The molecule has 0 aliphatic rings. The normalized spacial score (nSPS) is 17.1. The molecule has 0 amide bonds. The molecule has 0 saturated heterocycles. The number of nitrogens with two attached hydrogens (primary N) is 1. The highest BCUT2D eigenvalue weighted by atomic mass is 14.7. The van der Waals surface area contributed by atoms with Gasteiger partial charge >= 0.3 is 0 Å². The van der Waals surface area contributed by atoms with E-state index in [-0.39, 0.29) is 6.04 Å². The van der Waals surface area contributed by atoms with Crippen molar-refractivity contribution in [1.82, 2.24) is 0 Å². The zero-order valence-electron chi connectivity index (χ0n) is 10.1. The highest BCUT2D eigenvalue weighted by Gasteiger charge is 2.22. The van der Waals surface area contributed by atoms with Gasteiger partial charge in [-0.25, -0.2) is 0 Å². The maximum absolute atomic E-state index is 6.33. The average Bonchev–Trinajstić information content (AvgIpc) is 2.30. The first-order chi connectivity index (χ1) is 7.20. The van der Waals surface area contributed by atoms with E-state index in [0.29, 0.717) is 11.8 Å². The van der Waals surface area contributed by atoms with E-state index in [1.807, 2.05) is 6.07 Å². The van der Waals surface area contributed by atoms with Crippen molar-refractivity contribution in [3.8, 4) is 0 Å². The van der Waals surface area contributed by atoms with Crippen molar-refractivity contribution in [3.05, 3.63) is 35.9 Å². The SMILES string of the molecule is CCC(C)C(CC)C(N)c1ccccc1. The smallest absolute Gasteiger partial charge is 0.0325 e. The van der Waals surface area contributed by atoms with Crippen LogP contribution in [0.25, 0.3) is 0 Å². The van der Waals surface area contributed by atoms with Crippen molar-refractivity contribution in [2.45, 2.75) is 39.7 Å². The molecule has 0 saturated carbocycles. The molecular formula is C14H23N. The second-order valence-electron chi connectivity index (χ2n) is 4.39. The van der Waals surface area contributed by atoms with Gasteiger partial charge in [0.05, 0.1) is 0 Å². The topological polar surface area (TPSA) is 26.0 Å². The monoisotopic (exact) mass is 205 g/mol. The Hall–Kier alpha value is -0.820. The second kappa shape index (κ2) is 5.92. The Morgan fingerprint density at radius 1 is 1.07 bits per heavy atom. The third-order valence-electron chi connectivity index (χ3n) is 3.49. The largest absolute Gasteiger partial charge is 0.324 e. The summed E-state index contributed by atoms with van der Waals surface area (Å²) in [6.45, 7) is 6.78. The van der Waals surface area contributed by atoms with Crippen molar-refractivity contribution >= 4 is 0 Å². The average molecular weight is 205 g/mol. The molecule has 1 heteroatoms. The van der Waals surface area contributed by atoms with E-state index in [0.717, 1.165) is 6.42 Å². The van der Waals surface area contributed by atoms with Crippen LogP contribution >= 0.6 is 0 Å². The zero-order valence-corrected chi connectivity index (χ0v) is 10.1. The summed E-state index contributed by atoms with van der Waals surface area (Å²) in [4.78, 5) is 0. The summed E-state index contributed by atoms with van der Waals surface area (Å²) in [6.07, 6.45) is 2.37. The van der Waals surface area contributed by atoms with Crippen molar-refractivity contribution < 1.29 is 0 Å². The van der Waals surface area contributed by atoms with E-state index >= 15 is 0 Å². The summed E-state index contributed by atoms with van der Waals surface area (Å²) < 4.78 is 0. The fourth-order valence-corrected chi connectivity index (χ4v) is 2.24. The van der Waals surface area contributed by atoms with Crippen LogP contribution in [0.15, 0.2) is 30.3 Å². The zero-order chi connectivity index (χ0) is 11.3. The van der Waals surface area contributed by atoms with Crippen LogP contribution in [0, 0.1) is 11.8 Å². The Bertz CT molecular complexity index is 268. The van der Waals surface area contributed by atoms with Crippen molar-refractivity contribution in [3.63, 3.8) is 0 Å². The highest BCUT2D eigenvalue weighted by molar-refractivity contribution is 5.19. The maximum Gasteiger partial charge on any atom is 0.0325 e. The number of hydrogen-bond donors (Lipinski definition) is 1. The molecule has 15 heavy (non-hydrogen) atoms. The van der Waals surface area contributed by atoms with Gasteiger partial charge in [-0.2, -0.15) is 0 Å². The van der Waals surface area contributed by atoms with E-state index in [4.69, 9.17) is 5.73 Å². The van der Waals surface area contributed by atoms with Gasteiger partial charge in [-0.3, -0.25) is 0 Å². The van der Waals surface area contributed by atoms with Gasteiger partial charge in [0.15, 0.2) is 0 Å². The summed E-state index contributed by atoms with van der Waals surface area (Å²) in [5.74, 6) is 1.29. The molecule has 0 heterocycles. The number of hydrogen-bond acceptors (Lipinski definition) is 1. The lowest BCUT2D eigenvalue weighted by Crippen LogP contribution is -2.26. The maximum atomic E-state index is 6.33. The minimum Gasteiger partial charge on any atom is -0.324 e. The lowest BCUT2D eigenvalue weighted by molar-refractivity contribution is 0.286. The molecule has 1 rings (SSSR count).